The Morgan fingerprint density at radius 1 is 1.62 bits per heavy atom. The fourth-order valence-electron chi connectivity index (χ4n) is 0.892. The van der Waals surface area contributed by atoms with Crippen LogP contribution in [0.2, 0.25) is 0 Å². The number of carboxylic acids is 1. The maximum absolute atomic E-state index is 12.8. The van der Waals surface area contributed by atoms with Gasteiger partial charge in [0.2, 0.25) is 0 Å². The summed E-state index contributed by atoms with van der Waals surface area (Å²) in [7, 11) is 0. The molecule has 0 aromatic heterocycles. The van der Waals surface area contributed by atoms with Crippen molar-refractivity contribution in [3.63, 3.8) is 0 Å². The number of halogens is 3. The van der Waals surface area contributed by atoms with E-state index >= 15 is 0 Å². The third kappa shape index (κ3) is 2.91. The SMILES string of the molecule is O=C(O)Cc1c(Br)cc(F)cc1I. The van der Waals surface area contributed by atoms with Gasteiger partial charge in [-0.3, -0.25) is 4.79 Å². The lowest BCUT2D eigenvalue weighted by Crippen LogP contribution is -2.03. The highest BCUT2D eigenvalue weighted by molar-refractivity contribution is 14.1. The van der Waals surface area contributed by atoms with Crippen molar-refractivity contribution in [3.05, 3.63) is 31.6 Å². The topological polar surface area (TPSA) is 37.3 Å². The van der Waals surface area contributed by atoms with Crippen molar-refractivity contribution in [2.24, 2.45) is 0 Å². The van der Waals surface area contributed by atoms with Gasteiger partial charge < -0.3 is 5.11 Å². The lowest BCUT2D eigenvalue weighted by atomic mass is 10.1. The molecule has 0 unspecified atom stereocenters. The van der Waals surface area contributed by atoms with Crippen LogP contribution in [-0.4, -0.2) is 11.1 Å². The summed E-state index contributed by atoms with van der Waals surface area (Å²) in [5, 5.41) is 8.57. The molecule has 0 atom stereocenters. The lowest BCUT2D eigenvalue weighted by molar-refractivity contribution is -0.136. The predicted octanol–water partition coefficient (Wildman–Crippen LogP) is 2.82. The van der Waals surface area contributed by atoms with Crippen LogP contribution in [0.1, 0.15) is 5.56 Å². The Bertz CT molecular complexity index is 331. The lowest BCUT2D eigenvalue weighted by Gasteiger charge is -2.04. The maximum Gasteiger partial charge on any atom is 0.307 e. The second-order valence-corrected chi connectivity index (χ2v) is 4.44. The molecule has 70 valence electrons. The van der Waals surface area contributed by atoms with Gasteiger partial charge in [-0.2, -0.15) is 0 Å². The van der Waals surface area contributed by atoms with Crippen LogP contribution < -0.4 is 0 Å². The number of benzene rings is 1. The fraction of sp³-hybridized carbons (Fsp3) is 0.125. The van der Waals surface area contributed by atoms with Crippen LogP contribution >= 0.6 is 38.5 Å². The fourth-order valence-corrected chi connectivity index (χ4v) is 2.61. The molecule has 1 N–H and O–H groups in total. The van der Waals surface area contributed by atoms with Gasteiger partial charge in [0.15, 0.2) is 0 Å². The Balaban J connectivity index is 3.13. The van der Waals surface area contributed by atoms with Gasteiger partial charge in [-0.25, -0.2) is 4.39 Å². The summed E-state index contributed by atoms with van der Waals surface area (Å²) in [6.07, 6.45) is -0.0981. The number of rotatable bonds is 2. The van der Waals surface area contributed by atoms with E-state index in [1.165, 1.54) is 12.1 Å². The number of hydrogen-bond donors (Lipinski definition) is 1. The van der Waals surface area contributed by atoms with E-state index in [4.69, 9.17) is 5.11 Å². The highest BCUT2D eigenvalue weighted by atomic mass is 127. The molecule has 0 aliphatic rings. The minimum Gasteiger partial charge on any atom is -0.481 e. The van der Waals surface area contributed by atoms with Gasteiger partial charge >= 0.3 is 5.97 Å². The first-order valence-corrected chi connectivity index (χ1v) is 5.23. The standard InChI is InChI=1S/C8H5BrFIO2/c9-6-1-4(10)2-7(11)5(6)3-8(12)13/h1-2H,3H2,(H,12,13). The third-order valence-corrected chi connectivity index (χ3v) is 3.10. The number of carboxylic acid groups (broad SMARTS) is 1. The minimum atomic E-state index is -0.926. The van der Waals surface area contributed by atoms with Crippen molar-refractivity contribution in [1.82, 2.24) is 0 Å². The summed E-state index contributed by atoms with van der Waals surface area (Å²) in [4.78, 5) is 10.4. The van der Waals surface area contributed by atoms with Crippen LogP contribution in [-0.2, 0) is 11.2 Å². The van der Waals surface area contributed by atoms with Crippen LogP contribution in [0, 0.1) is 9.39 Å². The van der Waals surface area contributed by atoms with E-state index in [1.807, 2.05) is 22.6 Å². The monoisotopic (exact) mass is 358 g/mol. The van der Waals surface area contributed by atoms with E-state index in [1.54, 1.807) is 0 Å². The zero-order chi connectivity index (χ0) is 10.0. The van der Waals surface area contributed by atoms with Crippen LogP contribution in [0.5, 0.6) is 0 Å². The maximum atomic E-state index is 12.8. The van der Waals surface area contributed by atoms with E-state index < -0.39 is 5.97 Å². The average Bonchev–Trinajstić information content (AvgIpc) is 1.96. The Morgan fingerprint density at radius 3 is 2.69 bits per heavy atom. The van der Waals surface area contributed by atoms with E-state index in [9.17, 15) is 9.18 Å². The molecule has 0 saturated carbocycles. The molecule has 0 heterocycles. The Kier molecular flexibility index (Phi) is 3.66. The van der Waals surface area contributed by atoms with Crippen molar-refractivity contribution < 1.29 is 14.3 Å². The van der Waals surface area contributed by atoms with E-state index in [-0.39, 0.29) is 12.2 Å². The quantitative estimate of drug-likeness (QED) is 0.825. The summed E-state index contributed by atoms with van der Waals surface area (Å²) in [6.45, 7) is 0. The summed E-state index contributed by atoms with van der Waals surface area (Å²) >= 11 is 5.03. The predicted molar refractivity (Wildman–Crippen MR) is 58.2 cm³/mol. The first-order chi connectivity index (χ1) is 6.00. The summed E-state index contributed by atoms with van der Waals surface area (Å²) in [6, 6.07) is 2.57. The number of carbonyl (C=O) groups is 1. The van der Waals surface area contributed by atoms with E-state index in [2.05, 4.69) is 15.9 Å². The molecule has 0 amide bonds. The third-order valence-electron chi connectivity index (χ3n) is 1.43. The van der Waals surface area contributed by atoms with Crippen LogP contribution in [0.4, 0.5) is 4.39 Å². The molecule has 0 saturated heterocycles. The van der Waals surface area contributed by atoms with Gasteiger partial charge in [-0.05, 0) is 40.3 Å². The largest absolute Gasteiger partial charge is 0.481 e. The van der Waals surface area contributed by atoms with E-state index in [0.717, 1.165) is 0 Å². The first kappa shape index (κ1) is 10.9. The van der Waals surface area contributed by atoms with Crippen molar-refractivity contribution in [3.8, 4) is 0 Å². The van der Waals surface area contributed by atoms with Gasteiger partial charge in [-0.1, -0.05) is 15.9 Å². The van der Waals surface area contributed by atoms with Crippen LogP contribution in [0.25, 0.3) is 0 Å². The summed E-state index contributed by atoms with van der Waals surface area (Å²) in [5.74, 6) is -1.30. The van der Waals surface area contributed by atoms with Crippen molar-refractivity contribution in [2.75, 3.05) is 0 Å². The Hall–Kier alpha value is -0.170. The molecule has 0 bridgehead atoms. The smallest absolute Gasteiger partial charge is 0.307 e. The van der Waals surface area contributed by atoms with Crippen molar-refractivity contribution in [1.29, 1.82) is 0 Å². The molecule has 2 nitrogen and oxygen atoms in total. The Labute approximate surface area is 96.4 Å². The molecule has 13 heavy (non-hydrogen) atoms. The zero-order valence-electron chi connectivity index (χ0n) is 6.35. The van der Waals surface area contributed by atoms with Gasteiger partial charge in [0.1, 0.15) is 5.82 Å². The van der Waals surface area contributed by atoms with Crippen LogP contribution in [0.3, 0.4) is 0 Å². The van der Waals surface area contributed by atoms with Gasteiger partial charge in [0.05, 0.1) is 6.42 Å². The van der Waals surface area contributed by atoms with Gasteiger partial charge in [-0.15, -0.1) is 0 Å². The van der Waals surface area contributed by atoms with Crippen molar-refractivity contribution in [2.45, 2.75) is 6.42 Å². The minimum absolute atomic E-state index is 0.0981. The average molecular weight is 359 g/mol. The normalized spacial score (nSPS) is 10.1. The molecule has 1 aromatic rings. The highest BCUT2D eigenvalue weighted by Crippen LogP contribution is 2.24. The molecule has 0 radical (unpaired) electrons. The highest BCUT2D eigenvalue weighted by Gasteiger charge is 2.10. The molecule has 0 spiro atoms. The molecular weight excluding hydrogens is 354 g/mol. The molecule has 1 rings (SSSR count). The summed E-state index contributed by atoms with van der Waals surface area (Å²) in [5.41, 5.74) is 0.606. The van der Waals surface area contributed by atoms with Gasteiger partial charge in [0, 0.05) is 8.04 Å². The number of hydrogen-bond acceptors (Lipinski definition) is 1. The molecule has 0 aliphatic carbocycles. The molecule has 0 aliphatic heterocycles. The first-order valence-electron chi connectivity index (χ1n) is 3.36. The molecule has 5 heteroatoms. The zero-order valence-corrected chi connectivity index (χ0v) is 10.1. The second kappa shape index (κ2) is 4.36. The Morgan fingerprint density at radius 2 is 2.23 bits per heavy atom. The van der Waals surface area contributed by atoms with E-state index in [0.29, 0.717) is 13.6 Å². The molecular formula is C8H5BrFIO2. The second-order valence-electron chi connectivity index (χ2n) is 2.42. The number of aliphatic carboxylic acids is 1. The summed E-state index contributed by atoms with van der Waals surface area (Å²) < 4.78 is 13.9. The molecule has 0 fully saturated rings. The van der Waals surface area contributed by atoms with Gasteiger partial charge in [0.25, 0.3) is 0 Å². The van der Waals surface area contributed by atoms with Crippen molar-refractivity contribution >= 4 is 44.5 Å². The molecule has 1 aromatic carbocycles. The van der Waals surface area contributed by atoms with Crippen LogP contribution in [0.15, 0.2) is 16.6 Å².